The Kier molecular flexibility index (Phi) is 4.17. The van der Waals surface area contributed by atoms with Crippen LogP contribution in [-0.4, -0.2) is 34.5 Å². The van der Waals surface area contributed by atoms with Crippen molar-refractivity contribution in [2.45, 2.75) is 18.9 Å². The van der Waals surface area contributed by atoms with E-state index in [1.807, 2.05) is 36.4 Å². The Morgan fingerprint density at radius 3 is 2.71 bits per heavy atom. The molecule has 0 amide bonds. The summed E-state index contributed by atoms with van der Waals surface area (Å²) in [7, 11) is 0. The molecule has 0 saturated carbocycles. The lowest BCUT2D eigenvalue weighted by Crippen LogP contribution is -2.34. The topological polar surface area (TPSA) is 106 Å². The number of rotatable bonds is 4. The van der Waals surface area contributed by atoms with Crippen LogP contribution in [0, 0.1) is 0 Å². The summed E-state index contributed by atoms with van der Waals surface area (Å²) >= 11 is 0. The smallest absolute Gasteiger partial charge is 0.439 e. The van der Waals surface area contributed by atoms with Gasteiger partial charge in [0, 0.05) is 11.1 Å². The number of hydrogen-bond acceptors (Lipinski definition) is 7. The maximum atomic E-state index is 11.2. The number of ether oxygens (including phenoxy) is 1. The molecule has 0 atom stereocenters. The van der Waals surface area contributed by atoms with Crippen molar-refractivity contribution < 1.29 is 13.8 Å². The van der Waals surface area contributed by atoms with Crippen molar-refractivity contribution in [3.05, 3.63) is 53.0 Å². The number of aromatic amines is 1. The van der Waals surface area contributed by atoms with Crippen molar-refractivity contribution in [3.63, 3.8) is 0 Å². The number of hydrogen-bond donors (Lipinski definition) is 2. The van der Waals surface area contributed by atoms with Crippen LogP contribution in [0.4, 0.5) is 0 Å². The van der Waals surface area contributed by atoms with E-state index in [9.17, 15) is 4.79 Å². The lowest BCUT2D eigenvalue weighted by atomic mass is 10.1. The van der Waals surface area contributed by atoms with E-state index in [1.165, 1.54) is 0 Å². The molecule has 0 aliphatic carbocycles. The highest BCUT2D eigenvalue weighted by atomic mass is 16.5. The summed E-state index contributed by atoms with van der Waals surface area (Å²) < 4.78 is 16.3. The van der Waals surface area contributed by atoms with Crippen molar-refractivity contribution in [3.8, 4) is 28.5 Å². The summed E-state index contributed by atoms with van der Waals surface area (Å²) in [6.07, 6.45) is 2.21. The lowest BCUT2D eigenvalue weighted by Gasteiger charge is -2.23. The maximum Gasteiger partial charge on any atom is 0.439 e. The Morgan fingerprint density at radius 1 is 1.00 bits per heavy atom. The highest BCUT2D eigenvalue weighted by Crippen LogP contribution is 2.33. The van der Waals surface area contributed by atoms with Crippen LogP contribution in [0.1, 0.15) is 12.8 Å². The Hall–Kier alpha value is -3.39. The van der Waals surface area contributed by atoms with Gasteiger partial charge in [-0.3, -0.25) is 9.51 Å². The molecule has 0 unspecified atom stereocenters. The van der Waals surface area contributed by atoms with Crippen LogP contribution in [0.25, 0.3) is 33.6 Å². The minimum atomic E-state index is -0.594. The molecule has 1 aliphatic heterocycles. The second kappa shape index (κ2) is 6.97. The van der Waals surface area contributed by atoms with Gasteiger partial charge in [-0.2, -0.15) is 0 Å². The van der Waals surface area contributed by atoms with E-state index in [0.29, 0.717) is 22.7 Å². The Labute approximate surface area is 159 Å². The van der Waals surface area contributed by atoms with Gasteiger partial charge < -0.3 is 14.6 Å². The number of nitrogens with zero attached hydrogens (tertiary/aromatic N) is 2. The number of nitrogens with one attached hydrogen (secondary N) is 2. The molecule has 28 heavy (non-hydrogen) atoms. The van der Waals surface area contributed by atoms with E-state index in [4.69, 9.17) is 9.26 Å². The van der Waals surface area contributed by atoms with Gasteiger partial charge in [0.25, 0.3) is 0 Å². The van der Waals surface area contributed by atoms with Crippen molar-refractivity contribution in [2.24, 2.45) is 0 Å². The van der Waals surface area contributed by atoms with Crippen LogP contribution in [-0.2, 0) is 0 Å². The number of aromatic nitrogens is 3. The van der Waals surface area contributed by atoms with Gasteiger partial charge in [-0.25, -0.2) is 4.79 Å². The first kappa shape index (κ1) is 16.8. The van der Waals surface area contributed by atoms with Gasteiger partial charge in [-0.15, -0.1) is 0 Å². The largest absolute Gasteiger partial charge is 0.490 e. The highest BCUT2D eigenvalue weighted by molar-refractivity contribution is 5.94. The van der Waals surface area contributed by atoms with Gasteiger partial charge in [0.2, 0.25) is 0 Å². The molecule has 2 N–H and O–H groups in total. The first-order valence-corrected chi connectivity index (χ1v) is 9.20. The lowest BCUT2D eigenvalue weighted by molar-refractivity contribution is 0.162. The van der Waals surface area contributed by atoms with E-state index in [-0.39, 0.29) is 6.10 Å². The molecule has 0 radical (unpaired) electrons. The average molecular weight is 378 g/mol. The summed E-state index contributed by atoms with van der Waals surface area (Å²) in [5.74, 6) is 1.22. The van der Waals surface area contributed by atoms with Crippen LogP contribution in [0.3, 0.4) is 0 Å². The summed E-state index contributed by atoms with van der Waals surface area (Å²) in [6.45, 7) is 1.95. The highest BCUT2D eigenvalue weighted by Gasteiger charge is 2.17. The normalized spacial score (nSPS) is 15.1. The zero-order valence-electron chi connectivity index (χ0n) is 15.0. The molecular formula is C20H18N4O4. The molecule has 8 heteroatoms. The second-order valence-electron chi connectivity index (χ2n) is 6.78. The summed E-state index contributed by atoms with van der Waals surface area (Å²) in [6, 6.07) is 13.3. The van der Waals surface area contributed by atoms with Gasteiger partial charge >= 0.3 is 5.76 Å². The molecule has 3 heterocycles. The third-order valence-electron chi connectivity index (χ3n) is 4.88. The summed E-state index contributed by atoms with van der Waals surface area (Å²) in [5, 5.41) is 12.0. The Balaban J connectivity index is 1.50. The van der Waals surface area contributed by atoms with Crippen LogP contribution in [0.15, 0.2) is 56.3 Å². The van der Waals surface area contributed by atoms with E-state index in [1.54, 1.807) is 6.07 Å². The zero-order valence-corrected chi connectivity index (χ0v) is 15.0. The average Bonchev–Trinajstić information content (AvgIpc) is 3.35. The van der Waals surface area contributed by atoms with E-state index < -0.39 is 5.76 Å². The molecule has 8 nitrogen and oxygen atoms in total. The van der Waals surface area contributed by atoms with E-state index in [2.05, 4.69) is 25.1 Å². The standard InChI is InChI=1S/C20H18N4O4/c25-20-22-19(24-28-20)13-4-5-17-16(11-13)18(27-23-17)12-2-1-3-15(10-12)26-14-6-8-21-9-7-14/h1-5,10-11,14,21H,6-9H2,(H,22,24,25). The SMILES string of the molecule is O=c1[nH]c(-c2ccc3noc(-c4cccc(OC5CCNCC5)c4)c3c2)no1. The van der Waals surface area contributed by atoms with Gasteiger partial charge in [0.15, 0.2) is 11.6 Å². The third-order valence-corrected chi connectivity index (χ3v) is 4.88. The molecule has 1 fully saturated rings. The zero-order chi connectivity index (χ0) is 18.9. The van der Waals surface area contributed by atoms with Crippen molar-refractivity contribution in [1.82, 2.24) is 20.6 Å². The number of H-pyrrole nitrogens is 1. The fraction of sp³-hybridized carbons (Fsp3) is 0.250. The van der Waals surface area contributed by atoms with Gasteiger partial charge in [0.05, 0.1) is 5.39 Å². The van der Waals surface area contributed by atoms with Crippen LogP contribution in [0.2, 0.25) is 0 Å². The third kappa shape index (κ3) is 3.18. The predicted molar refractivity (Wildman–Crippen MR) is 102 cm³/mol. The Bertz CT molecular complexity index is 1170. The summed E-state index contributed by atoms with van der Waals surface area (Å²) in [5.41, 5.74) is 2.30. The maximum absolute atomic E-state index is 11.2. The monoisotopic (exact) mass is 378 g/mol. The van der Waals surface area contributed by atoms with Crippen LogP contribution >= 0.6 is 0 Å². The minimum absolute atomic E-state index is 0.221. The molecule has 5 rings (SSSR count). The first-order valence-electron chi connectivity index (χ1n) is 9.20. The molecule has 2 aromatic heterocycles. The summed E-state index contributed by atoms with van der Waals surface area (Å²) in [4.78, 5) is 13.8. The van der Waals surface area contributed by atoms with Gasteiger partial charge in [0.1, 0.15) is 17.4 Å². The van der Waals surface area contributed by atoms with Gasteiger partial charge in [-0.1, -0.05) is 22.4 Å². The number of piperidine rings is 1. The molecule has 0 bridgehead atoms. The minimum Gasteiger partial charge on any atom is -0.490 e. The molecule has 142 valence electrons. The molecule has 0 spiro atoms. The number of benzene rings is 2. The van der Waals surface area contributed by atoms with Gasteiger partial charge in [-0.05, 0) is 56.3 Å². The fourth-order valence-corrected chi connectivity index (χ4v) is 3.47. The Morgan fingerprint density at radius 2 is 1.89 bits per heavy atom. The van der Waals surface area contributed by atoms with Crippen LogP contribution < -0.4 is 15.8 Å². The predicted octanol–water partition coefficient (Wildman–Crippen LogP) is 2.97. The van der Waals surface area contributed by atoms with Crippen molar-refractivity contribution in [1.29, 1.82) is 0 Å². The number of fused-ring (bicyclic) bond motifs is 1. The molecule has 2 aromatic carbocycles. The second-order valence-corrected chi connectivity index (χ2v) is 6.78. The van der Waals surface area contributed by atoms with Crippen molar-refractivity contribution >= 4 is 10.9 Å². The molecule has 1 aliphatic rings. The quantitative estimate of drug-likeness (QED) is 0.562. The molecular weight excluding hydrogens is 360 g/mol. The first-order chi connectivity index (χ1) is 13.8. The van der Waals surface area contributed by atoms with E-state index in [0.717, 1.165) is 42.6 Å². The molecule has 4 aromatic rings. The molecule has 1 saturated heterocycles. The fourth-order valence-electron chi connectivity index (χ4n) is 3.47. The van der Waals surface area contributed by atoms with Crippen molar-refractivity contribution in [2.75, 3.05) is 13.1 Å². The van der Waals surface area contributed by atoms with E-state index >= 15 is 0 Å². The van der Waals surface area contributed by atoms with Crippen LogP contribution in [0.5, 0.6) is 5.75 Å².